The van der Waals surface area contributed by atoms with E-state index in [1.54, 1.807) is 6.20 Å². The number of aromatic nitrogens is 2. The second kappa shape index (κ2) is 7.61. The van der Waals surface area contributed by atoms with Crippen LogP contribution in [0.2, 0.25) is 0 Å². The molecule has 1 atom stereocenters. The largest absolute Gasteiger partial charge is 0.345 e. The second-order valence-electron chi connectivity index (χ2n) is 5.61. The van der Waals surface area contributed by atoms with Gasteiger partial charge in [-0.05, 0) is 46.4 Å². The molecule has 1 N–H and O–H groups in total. The quantitative estimate of drug-likeness (QED) is 0.626. The summed E-state index contributed by atoms with van der Waals surface area (Å²) in [5.74, 6) is 0.864. The minimum atomic E-state index is -0.127. The number of rotatable bonds is 5. The van der Waals surface area contributed by atoms with Crippen LogP contribution in [-0.2, 0) is 13.5 Å². The number of halogens is 1. The third-order valence-electron chi connectivity index (χ3n) is 3.90. The highest BCUT2D eigenvalue weighted by molar-refractivity contribution is 14.1. The third-order valence-corrected chi connectivity index (χ3v) is 4.57. The van der Waals surface area contributed by atoms with Crippen molar-refractivity contribution < 1.29 is 4.79 Å². The van der Waals surface area contributed by atoms with Crippen LogP contribution in [0, 0.1) is 3.57 Å². The van der Waals surface area contributed by atoms with Crippen LogP contribution < -0.4 is 5.32 Å². The van der Waals surface area contributed by atoms with Crippen LogP contribution >= 0.6 is 22.6 Å². The summed E-state index contributed by atoms with van der Waals surface area (Å²) in [7, 11) is 1.96. The maximum atomic E-state index is 12.7. The summed E-state index contributed by atoms with van der Waals surface area (Å²) in [5, 5.41) is 3.15. The van der Waals surface area contributed by atoms with Gasteiger partial charge in [0.05, 0.1) is 6.04 Å². The Kier molecular flexibility index (Phi) is 5.30. The highest BCUT2D eigenvalue weighted by Crippen LogP contribution is 2.18. The van der Waals surface area contributed by atoms with E-state index in [0.717, 1.165) is 15.0 Å². The van der Waals surface area contributed by atoms with Gasteiger partial charge in [0.1, 0.15) is 5.82 Å². The summed E-state index contributed by atoms with van der Waals surface area (Å²) in [6, 6.07) is 17.5. The van der Waals surface area contributed by atoms with E-state index in [1.165, 1.54) is 0 Å². The molecular formula is C19H18IN3O. The van der Waals surface area contributed by atoms with Crippen LogP contribution in [0.1, 0.15) is 27.8 Å². The summed E-state index contributed by atoms with van der Waals surface area (Å²) in [6.45, 7) is 0. The molecule has 0 radical (unpaired) electrons. The molecule has 1 unspecified atom stereocenters. The van der Waals surface area contributed by atoms with E-state index in [1.807, 2.05) is 72.4 Å². The van der Waals surface area contributed by atoms with Crippen molar-refractivity contribution in [2.24, 2.45) is 7.05 Å². The number of carbonyl (C=O) groups is 1. The van der Waals surface area contributed by atoms with E-state index in [2.05, 4.69) is 32.9 Å². The molecule has 3 aromatic rings. The lowest BCUT2D eigenvalue weighted by Crippen LogP contribution is -2.30. The zero-order valence-corrected chi connectivity index (χ0v) is 15.5. The molecule has 122 valence electrons. The average Bonchev–Trinajstić information content (AvgIpc) is 3.00. The maximum Gasteiger partial charge on any atom is 0.251 e. The molecule has 4 nitrogen and oxygen atoms in total. The molecular weight excluding hydrogens is 413 g/mol. The molecule has 0 saturated carbocycles. The number of hydrogen-bond donors (Lipinski definition) is 1. The Balaban J connectivity index is 1.85. The van der Waals surface area contributed by atoms with E-state index in [9.17, 15) is 4.79 Å². The van der Waals surface area contributed by atoms with Gasteiger partial charge in [-0.2, -0.15) is 0 Å². The summed E-state index contributed by atoms with van der Waals surface area (Å²) < 4.78 is 3.02. The number of benzene rings is 2. The minimum Gasteiger partial charge on any atom is -0.345 e. The average molecular weight is 431 g/mol. The van der Waals surface area contributed by atoms with Crippen LogP contribution in [-0.4, -0.2) is 15.5 Å². The summed E-state index contributed by atoms with van der Waals surface area (Å²) in [4.78, 5) is 17.0. The Morgan fingerprint density at radius 3 is 2.67 bits per heavy atom. The van der Waals surface area contributed by atoms with Crippen LogP contribution in [0.3, 0.4) is 0 Å². The molecule has 2 aromatic carbocycles. The van der Waals surface area contributed by atoms with E-state index >= 15 is 0 Å². The lowest BCUT2D eigenvalue weighted by atomic mass is 10.0. The summed E-state index contributed by atoms with van der Waals surface area (Å²) in [6.07, 6.45) is 4.33. The molecule has 0 aliphatic carbocycles. The fraction of sp³-hybridized carbons (Fsp3) is 0.158. The predicted molar refractivity (Wildman–Crippen MR) is 103 cm³/mol. The first-order chi connectivity index (χ1) is 11.6. The van der Waals surface area contributed by atoms with Crippen molar-refractivity contribution in [3.63, 3.8) is 0 Å². The number of imidazole rings is 1. The van der Waals surface area contributed by atoms with Crippen molar-refractivity contribution >= 4 is 28.5 Å². The number of carbonyl (C=O) groups excluding carboxylic acids is 1. The molecule has 0 spiro atoms. The highest BCUT2D eigenvalue weighted by atomic mass is 127. The lowest BCUT2D eigenvalue weighted by molar-refractivity contribution is 0.0936. The Labute approximate surface area is 155 Å². The Hall–Kier alpha value is -2.15. The number of nitrogens with zero attached hydrogens (tertiary/aromatic N) is 2. The molecule has 0 bridgehead atoms. The topological polar surface area (TPSA) is 46.9 Å². The predicted octanol–water partition coefficient (Wildman–Crippen LogP) is 3.74. The second-order valence-corrected chi connectivity index (χ2v) is 6.85. The first-order valence-electron chi connectivity index (χ1n) is 7.71. The SMILES string of the molecule is Cn1ccnc1CC(NC(=O)c1cccc(I)c1)c1ccccc1. The molecule has 24 heavy (non-hydrogen) atoms. The molecule has 0 aliphatic rings. The van der Waals surface area contributed by atoms with Gasteiger partial charge in [-0.3, -0.25) is 4.79 Å². The van der Waals surface area contributed by atoms with Crippen molar-refractivity contribution in [2.75, 3.05) is 0 Å². The van der Waals surface area contributed by atoms with E-state index in [-0.39, 0.29) is 11.9 Å². The first kappa shape index (κ1) is 16.7. The van der Waals surface area contributed by atoms with Crippen molar-refractivity contribution in [1.82, 2.24) is 14.9 Å². The van der Waals surface area contributed by atoms with Crippen LogP contribution in [0.25, 0.3) is 0 Å². The Morgan fingerprint density at radius 1 is 1.21 bits per heavy atom. The maximum absolute atomic E-state index is 12.7. The van der Waals surface area contributed by atoms with Crippen LogP contribution in [0.4, 0.5) is 0 Å². The number of nitrogens with one attached hydrogen (secondary N) is 1. The van der Waals surface area contributed by atoms with Gasteiger partial charge in [0.25, 0.3) is 5.91 Å². The molecule has 0 aliphatic heterocycles. The molecule has 0 fully saturated rings. The molecule has 1 amide bonds. The number of hydrogen-bond acceptors (Lipinski definition) is 2. The van der Waals surface area contributed by atoms with Crippen LogP contribution in [0.5, 0.6) is 0 Å². The Morgan fingerprint density at radius 2 is 2.00 bits per heavy atom. The summed E-state index contributed by atoms with van der Waals surface area (Å²) in [5.41, 5.74) is 1.74. The number of aryl methyl sites for hydroxylation is 1. The monoisotopic (exact) mass is 431 g/mol. The molecule has 1 heterocycles. The fourth-order valence-corrected chi connectivity index (χ4v) is 3.13. The molecule has 1 aromatic heterocycles. The van der Waals surface area contributed by atoms with Crippen molar-refractivity contribution in [2.45, 2.75) is 12.5 Å². The van der Waals surface area contributed by atoms with E-state index < -0.39 is 0 Å². The van der Waals surface area contributed by atoms with Gasteiger partial charge in [0.2, 0.25) is 0 Å². The van der Waals surface area contributed by atoms with E-state index in [4.69, 9.17) is 0 Å². The molecule has 5 heteroatoms. The van der Waals surface area contributed by atoms with Crippen molar-refractivity contribution in [3.8, 4) is 0 Å². The Bertz CT molecular complexity index is 829. The minimum absolute atomic E-state index is 0.0726. The van der Waals surface area contributed by atoms with Gasteiger partial charge in [-0.1, -0.05) is 36.4 Å². The zero-order valence-electron chi connectivity index (χ0n) is 13.3. The smallest absolute Gasteiger partial charge is 0.251 e. The fourth-order valence-electron chi connectivity index (χ4n) is 2.58. The molecule has 0 saturated heterocycles. The zero-order chi connectivity index (χ0) is 16.9. The van der Waals surface area contributed by atoms with Crippen molar-refractivity contribution in [3.05, 3.63) is 87.5 Å². The first-order valence-corrected chi connectivity index (χ1v) is 8.79. The third kappa shape index (κ3) is 4.03. The molecule has 3 rings (SSSR count). The van der Waals surface area contributed by atoms with Gasteiger partial charge in [-0.25, -0.2) is 4.98 Å². The van der Waals surface area contributed by atoms with E-state index in [0.29, 0.717) is 12.0 Å². The van der Waals surface area contributed by atoms with Gasteiger partial charge in [0, 0.05) is 35.0 Å². The standard InChI is InChI=1S/C19H18IN3O/c1-23-11-10-21-18(23)13-17(14-6-3-2-4-7-14)22-19(24)15-8-5-9-16(20)12-15/h2-12,17H,13H2,1H3,(H,22,24). The normalized spacial score (nSPS) is 11.9. The van der Waals surface area contributed by atoms with Gasteiger partial charge < -0.3 is 9.88 Å². The number of amides is 1. The highest BCUT2D eigenvalue weighted by Gasteiger charge is 2.18. The van der Waals surface area contributed by atoms with Crippen LogP contribution in [0.15, 0.2) is 67.0 Å². The van der Waals surface area contributed by atoms with Crippen molar-refractivity contribution in [1.29, 1.82) is 0 Å². The lowest BCUT2D eigenvalue weighted by Gasteiger charge is -2.19. The van der Waals surface area contributed by atoms with Gasteiger partial charge >= 0.3 is 0 Å². The van der Waals surface area contributed by atoms with Gasteiger partial charge in [-0.15, -0.1) is 0 Å². The van der Waals surface area contributed by atoms with Gasteiger partial charge in [0.15, 0.2) is 0 Å². The summed E-state index contributed by atoms with van der Waals surface area (Å²) >= 11 is 2.21.